The summed E-state index contributed by atoms with van der Waals surface area (Å²) in [5.41, 5.74) is 0. The highest BCUT2D eigenvalue weighted by Gasteiger charge is 2.27. The predicted molar refractivity (Wildman–Crippen MR) is 78.8 cm³/mol. The summed E-state index contributed by atoms with van der Waals surface area (Å²) in [4.78, 5) is 10.4. The molecule has 0 bridgehead atoms. The molecule has 0 aliphatic carbocycles. The standard InChI is InChI=1S/C11H13BrFNO4S2/c1-19-5-4-9(11(15)16)14-20(17,18)10-3-2-7(12)6-8(10)13/h2-3,6,9,14H,4-5H2,1H3,(H,15,16)/t9-/m0/s1. The normalized spacial score (nSPS) is 13.2. The van der Waals surface area contributed by atoms with Crippen molar-refractivity contribution < 1.29 is 22.7 Å². The van der Waals surface area contributed by atoms with Gasteiger partial charge in [0.1, 0.15) is 16.8 Å². The van der Waals surface area contributed by atoms with E-state index in [0.29, 0.717) is 10.2 Å². The number of aliphatic carboxylic acids is 1. The topological polar surface area (TPSA) is 83.5 Å². The summed E-state index contributed by atoms with van der Waals surface area (Å²) in [5, 5.41) is 8.99. The van der Waals surface area contributed by atoms with E-state index in [1.807, 2.05) is 4.72 Å². The molecule has 0 saturated carbocycles. The maximum absolute atomic E-state index is 13.6. The average Bonchev–Trinajstić information content (AvgIpc) is 2.33. The fourth-order valence-electron chi connectivity index (χ4n) is 1.41. The second-order valence-electron chi connectivity index (χ2n) is 3.87. The maximum Gasteiger partial charge on any atom is 0.321 e. The van der Waals surface area contributed by atoms with E-state index in [1.54, 1.807) is 6.26 Å². The highest BCUT2D eigenvalue weighted by molar-refractivity contribution is 9.10. The Hall–Kier alpha value is -0.640. The first-order valence-corrected chi connectivity index (χ1v) is 9.14. The Labute approximate surface area is 129 Å². The van der Waals surface area contributed by atoms with Crippen LogP contribution < -0.4 is 4.72 Å². The van der Waals surface area contributed by atoms with Gasteiger partial charge >= 0.3 is 5.97 Å². The number of benzene rings is 1. The van der Waals surface area contributed by atoms with Gasteiger partial charge in [0.25, 0.3) is 0 Å². The highest BCUT2D eigenvalue weighted by atomic mass is 79.9. The first-order valence-electron chi connectivity index (χ1n) is 5.47. The van der Waals surface area contributed by atoms with Gasteiger partial charge in [-0.1, -0.05) is 15.9 Å². The summed E-state index contributed by atoms with van der Waals surface area (Å²) in [6, 6.07) is 2.17. The maximum atomic E-state index is 13.6. The fraction of sp³-hybridized carbons (Fsp3) is 0.364. The number of carboxylic acids is 1. The third-order valence-electron chi connectivity index (χ3n) is 2.39. The van der Waals surface area contributed by atoms with Crippen molar-refractivity contribution in [3.63, 3.8) is 0 Å². The fourth-order valence-corrected chi connectivity index (χ4v) is 3.50. The van der Waals surface area contributed by atoms with E-state index < -0.39 is 32.7 Å². The molecule has 0 fully saturated rings. The van der Waals surface area contributed by atoms with Gasteiger partial charge in [-0.2, -0.15) is 16.5 Å². The molecule has 9 heteroatoms. The van der Waals surface area contributed by atoms with Crippen molar-refractivity contribution in [2.45, 2.75) is 17.4 Å². The number of carboxylic acid groups (broad SMARTS) is 1. The van der Waals surface area contributed by atoms with E-state index in [2.05, 4.69) is 15.9 Å². The SMILES string of the molecule is CSCC[C@H](NS(=O)(=O)c1ccc(Br)cc1F)C(=O)O. The van der Waals surface area contributed by atoms with E-state index in [-0.39, 0.29) is 6.42 Å². The van der Waals surface area contributed by atoms with Gasteiger partial charge in [-0.3, -0.25) is 4.79 Å². The summed E-state index contributed by atoms with van der Waals surface area (Å²) in [5.74, 6) is -1.76. The summed E-state index contributed by atoms with van der Waals surface area (Å²) < 4.78 is 40.1. The Morgan fingerprint density at radius 1 is 1.55 bits per heavy atom. The number of carbonyl (C=O) groups is 1. The van der Waals surface area contributed by atoms with Gasteiger partial charge in [0.15, 0.2) is 0 Å². The number of rotatable bonds is 7. The average molecular weight is 386 g/mol. The number of sulfonamides is 1. The first-order chi connectivity index (χ1) is 9.27. The van der Waals surface area contributed by atoms with Crippen LogP contribution in [0.25, 0.3) is 0 Å². The minimum atomic E-state index is -4.22. The minimum absolute atomic E-state index is 0.119. The van der Waals surface area contributed by atoms with Crippen molar-refractivity contribution in [1.82, 2.24) is 4.72 Å². The van der Waals surface area contributed by atoms with Crippen LogP contribution >= 0.6 is 27.7 Å². The predicted octanol–water partition coefficient (Wildman–Crippen LogP) is 2.07. The number of hydrogen-bond acceptors (Lipinski definition) is 4. The Morgan fingerprint density at radius 2 is 2.20 bits per heavy atom. The molecule has 1 aromatic rings. The lowest BCUT2D eigenvalue weighted by Crippen LogP contribution is -2.41. The van der Waals surface area contributed by atoms with Crippen LogP contribution in [0.4, 0.5) is 4.39 Å². The Morgan fingerprint density at radius 3 is 2.70 bits per heavy atom. The van der Waals surface area contributed by atoms with Gasteiger partial charge in [0.05, 0.1) is 0 Å². The number of halogens is 2. The second-order valence-corrected chi connectivity index (χ2v) is 7.45. The molecule has 112 valence electrons. The second kappa shape index (κ2) is 7.39. The largest absolute Gasteiger partial charge is 0.480 e. The van der Waals surface area contributed by atoms with E-state index in [9.17, 15) is 17.6 Å². The molecule has 0 aromatic heterocycles. The number of nitrogens with one attached hydrogen (secondary N) is 1. The van der Waals surface area contributed by atoms with Gasteiger partial charge < -0.3 is 5.11 Å². The molecule has 0 amide bonds. The van der Waals surface area contributed by atoms with Gasteiger partial charge in [-0.25, -0.2) is 12.8 Å². The molecular formula is C11H13BrFNO4S2. The molecule has 0 unspecified atom stereocenters. The van der Waals surface area contributed by atoms with Crippen molar-refractivity contribution in [3.05, 3.63) is 28.5 Å². The summed E-state index contributed by atoms with van der Waals surface area (Å²) in [6.07, 6.45) is 1.90. The molecule has 1 rings (SSSR count). The quantitative estimate of drug-likeness (QED) is 0.750. The minimum Gasteiger partial charge on any atom is -0.480 e. The van der Waals surface area contributed by atoms with Gasteiger partial charge in [-0.15, -0.1) is 0 Å². The lowest BCUT2D eigenvalue weighted by atomic mass is 10.2. The lowest BCUT2D eigenvalue weighted by Gasteiger charge is -2.14. The molecule has 0 radical (unpaired) electrons. The number of thioether (sulfide) groups is 1. The van der Waals surface area contributed by atoms with E-state index in [4.69, 9.17) is 5.11 Å². The first kappa shape index (κ1) is 17.4. The van der Waals surface area contributed by atoms with Crippen LogP contribution in [0, 0.1) is 5.82 Å². The lowest BCUT2D eigenvalue weighted by molar-refractivity contribution is -0.139. The van der Waals surface area contributed by atoms with Crippen molar-refractivity contribution in [2.75, 3.05) is 12.0 Å². The molecule has 1 atom stereocenters. The van der Waals surface area contributed by atoms with Gasteiger partial charge in [0.2, 0.25) is 10.0 Å². The Kier molecular flexibility index (Phi) is 6.44. The van der Waals surface area contributed by atoms with Crippen molar-refractivity contribution in [1.29, 1.82) is 0 Å². The van der Waals surface area contributed by atoms with Crippen LogP contribution in [0.1, 0.15) is 6.42 Å². The van der Waals surface area contributed by atoms with Crippen molar-refractivity contribution in [3.8, 4) is 0 Å². The molecule has 0 heterocycles. The van der Waals surface area contributed by atoms with Gasteiger partial charge in [0, 0.05) is 4.47 Å². The van der Waals surface area contributed by atoms with Crippen LogP contribution in [0.3, 0.4) is 0 Å². The third kappa shape index (κ3) is 4.72. The van der Waals surface area contributed by atoms with Gasteiger partial charge in [-0.05, 0) is 36.6 Å². The zero-order valence-corrected chi connectivity index (χ0v) is 13.7. The number of hydrogen-bond donors (Lipinski definition) is 2. The summed E-state index contributed by atoms with van der Waals surface area (Å²) >= 11 is 4.42. The Bertz CT molecular complexity index is 594. The smallest absolute Gasteiger partial charge is 0.321 e. The molecule has 0 aliphatic rings. The monoisotopic (exact) mass is 385 g/mol. The zero-order chi connectivity index (χ0) is 15.3. The molecule has 0 spiro atoms. The van der Waals surface area contributed by atoms with Crippen molar-refractivity contribution >= 4 is 43.7 Å². The molecule has 2 N–H and O–H groups in total. The van der Waals surface area contributed by atoms with Crippen LogP contribution in [0.15, 0.2) is 27.6 Å². The van der Waals surface area contributed by atoms with E-state index in [1.165, 1.54) is 17.8 Å². The van der Waals surface area contributed by atoms with Crippen LogP contribution in [-0.2, 0) is 14.8 Å². The van der Waals surface area contributed by atoms with E-state index >= 15 is 0 Å². The highest BCUT2D eigenvalue weighted by Crippen LogP contribution is 2.20. The summed E-state index contributed by atoms with van der Waals surface area (Å²) in [6.45, 7) is 0. The molecule has 0 aliphatic heterocycles. The molecule has 20 heavy (non-hydrogen) atoms. The summed E-state index contributed by atoms with van der Waals surface area (Å²) in [7, 11) is -4.22. The van der Waals surface area contributed by atoms with Crippen LogP contribution in [-0.4, -0.2) is 37.5 Å². The van der Waals surface area contributed by atoms with Crippen molar-refractivity contribution in [2.24, 2.45) is 0 Å². The van der Waals surface area contributed by atoms with E-state index in [0.717, 1.165) is 12.1 Å². The molecule has 1 aromatic carbocycles. The zero-order valence-electron chi connectivity index (χ0n) is 10.5. The Balaban J connectivity index is 3.00. The molecular weight excluding hydrogens is 373 g/mol. The van der Waals surface area contributed by atoms with Crippen LogP contribution in [0.2, 0.25) is 0 Å². The third-order valence-corrected chi connectivity index (χ3v) is 5.03. The molecule has 0 saturated heterocycles. The molecule has 5 nitrogen and oxygen atoms in total. The van der Waals surface area contributed by atoms with Crippen LogP contribution in [0.5, 0.6) is 0 Å².